The number of aromatic nitrogens is 1. The molecule has 0 bridgehead atoms. The van der Waals surface area contributed by atoms with Crippen LogP contribution in [0.15, 0.2) is 48.0 Å². The number of ether oxygens (including phenoxy) is 3. The first kappa shape index (κ1) is 17.6. The van der Waals surface area contributed by atoms with Gasteiger partial charge >= 0.3 is 0 Å². The number of allylic oxidation sites excluding steroid dienone is 1. The van der Waals surface area contributed by atoms with E-state index in [0.717, 1.165) is 16.6 Å². The lowest BCUT2D eigenvalue weighted by atomic mass is 10.0. The van der Waals surface area contributed by atoms with Gasteiger partial charge in [0.25, 0.3) is 0 Å². The average Bonchev–Trinajstić information content (AvgIpc) is 3.08. The van der Waals surface area contributed by atoms with Crippen LogP contribution in [0.3, 0.4) is 0 Å². The van der Waals surface area contributed by atoms with Gasteiger partial charge in [0, 0.05) is 16.8 Å². The summed E-state index contributed by atoms with van der Waals surface area (Å²) < 4.78 is 16.0. The van der Waals surface area contributed by atoms with E-state index in [-0.39, 0.29) is 5.78 Å². The molecule has 3 aromatic rings. The van der Waals surface area contributed by atoms with Gasteiger partial charge in [-0.2, -0.15) is 0 Å². The Morgan fingerprint density at radius 2 is 1.62 bits per heavy atom. The number of methoxy groups -OCH3 is 3. The zero-order chi connectivity index (χ0) is 18.7. The molecule has 0 atom stereocenters. The van der Waals surface area contributed by atoms with E-state index in [1.54, 1.807) is 19.1 Å². The quantitative estimate of drug-likeness (QED) is 0.525. The summed E-state index contributed by atoms with van der Waals surface area (Å²) in [5.74, 6) is 1.26. The standard InChI is InChI=1S/C21H21NO4/c1-13(9-16-10-14-7-5-6-8-17(14)22-16)20(23)15-11-18(24-2)21(26-4)19(12-15)25-3/h5-12,22H,1-4H3. The number of carbonyl (C=O) groups excluding carboxylic acids is 1. The van der Waals surface area contributed by atoms with Crippen molar-refractivity contribution in [2.75, 3.05) is 21.3 Å². The van der Waals surface area contributed by atoms with Gasteiger partial charge in [-0.05, 0) is 48.2 Å². The number of ketones is 1. The third-order valence-corrected chi connectivity index (χ3v) is 4.21. The van der Waals surface area contributed by atoms with Gasteiger partial charge in [-0.1, -0.05) is 18.2 Å². The molecule has 5 heteroatoms. The van der Waals surface area contributed by atoms with Gasteiger partial charge in [0.2, 0.25) is 5.75 Å². The van der Waals surface area contributed by atoms with E-state index in [1.807, 2.05) is 36.4 Å². The Labute approximate surface area is 152 Å². The van der Waals surface area contributed by atoms with Crippen LogP contribution in [-0.4, -0.2) is 32.1 Å². The lowest BCUT2D eigenvalue weighted by Crippen LogP contribution is -2.04. The molecule has 1 aromatic heterocycles. The first-order valence-electron chi connectivity index (χ1n) is 8.18. The van der Waals surface area contributed by atoms with Crippen molar-refractivity contribution in [1.82, 2.24) is 4.98 Å². The van der Waals surface area contributed by atoms with Crippen molar-refractivity contribution in [3.63, 3.8) is 0 Å². The lowest BCUT2D eigenvalue weighted by molar-refractivity contribution is 0.103. The minimum atomic E-state index is -0.108. The molecule has 1 N–H and O–H groups in total. The van der Waals surface area contributed by atoms with Gasteiger partial charge in [-0.25, -0.2) is 0 Å². The van der Waals surface area contributed by atoms with Gasteiger partial charge in [-0.3, -0.25) is 4.79 Å². The molecule has 0 aliphatic heterocycles. The summed E-state index contributed by atoms with van der Waals surface area (Å²) in [6.45, 7) is 1.79. The van der Waals surface area contributed by atoms with Crippen molar-refractivity contribution in [3.8, 4) is 17.2 Å². The Bertz CT molecular complexity index is 927. The minimum absolute atomic E-state index is 0.108. The van der Waals surface area contributed by atoms with Gasteiger partial charge in [0.05, 0.1) is 21.3 Å². The average molecular weight is 351 g/mol. The first-order valence-corrected chi connectivity index (χ1v) is 8.18. The second-order valence-corrected chi connectivity index (χ2v) is 5.88. The van der Waals surface area contributed by atoms with E-state index in [2.05, 4.69) is 4.98 Å². The van der Waals surface area contributed by atoms with Crippen LogP contribution >= 0.6 is 0 Å². The summed E-state index contributed by atoms with van der Waals surface area (Å²) in [4.78, 5) is 16.2. The van der Waals surface area contributed by atoms with E-state index in [1.165, 1.54) is 21.3 Å². The lowest BCUT2D eigenvalue weighted by Gasteiger charge is -2.13. The molecule has 0 radical (unpaired) electrons. The highest BCUT2D eigenvalue weighted by Gasteiger charge is 2.18. The SMILES string of the molecule is COc1cc(C(=O)C(C)=Cc2cc3ccccc3[nH]2)cc(OC)c1OC. The molecule has 0 spiro atoms. The summed E-state index contributed by atoms with van der Waals surface area (Å²) >= 11 is 0. The maximum atomic E-state index is 12.9. The second-order valence-electron chi connectivity index (χ2n) is 5.88. The molecule has 26 heavy (non-hydrogen) atoms. The van der Waals surface area contributed by atoms with Gasteiger partial charge < -0.3 is 19.2 Å². The number of hydrogen-bond donors (Lipinski definition) is 1. The Morgan fingerprint density at radius 1 is 0.962 bits per heavy atom. The maximum absolute atomic E-state index is 12.9. The van der Waals surface area contributed by atoms with Gasteiger partial charge in [-0.15, -0.1) is 0 Å². The molecule has 0 amide bonds. The molecule has 0 saturated heterocycles. The fourth-order valence-corrected chi connectivity index (χ4v) is 2.91. The van der Waals surface area contributed by atoms with Crippen LogP contribution in [-0.2, 0) is 0 Å². The highest BCUT2D eigenvalue weighted by Crippen LogP contribution is 2.38. The van der Waals surface area contributed by atoms with Crippen LogP contribution in [0, 0.1) is 0 Å². The molecule has 0 aliphatic carbocycles. The third kappa shape index (κ3) is 3.28. The van der Waals surface area contributed by atoms with Gasteiger partial charge in [0.1, 0.15) is 0 Å². The zero-order valence-electron chi connectivity index (χ0n) is 15.3. The third-order valence-electron chi connectivity index (χ3n) is 4.21. The number of Topliss-reactive ketones (excluding diaryl/α,β-unsaturated/α-hetero) is 1. The van der Waals surface area contributed by atoms with Crippen molar-refractivity contribution >= 4 is 22.8 Å². The van der Waals surface area contributed by atoms with E-state index < -0.39 is 0 Å². The van der Waals surface area contributed by atoms with Crippen molar-refractivity contribution in [1.29, 1.82) is 0 Å². The molecular formula is C21H21NO4. The van der Waals surface area contributed by atoms with Crippen LogP contribution in [0.2, 0.25) is 0 Å². The fourth-order valence-electron chi connectivity index (χ4n) is 2.91. The highest BCUT2D eigenvalue weighted by atomic mass is 16.5. The molecule has 2 aromatic carbocycles. The topological polar surface area (TPSA) is 60.6 Å². The van der Waals surface area contributed by atoms with Crippen molar-refractivity contribution in [2.24, 2.45) is 0 Å². The number of para-hydroxylation sites is 1. The smallest absolute Gasteiger partial charge is 0.203 e. The Kier molecular flexibility index (Phi) is 4.98. The minimum Gasteiger partial charge on any atom is -0.493 e. The Morgan fingerprint density at radius 3 is 2.19 bits per heavy atom. The molecule has 5 nitrogen and oxygen atoms in total. The van der Waals surface area contributed by atoms with Crippen molar-refractivity contribution in [2.45, 2.75) is 6.92 Å². The molecule has 0 unspecified atom stereocenters. The number of H-pyrrole nitrogens is 1. The first-order chi connectivity index (χ1) is 12.6. The predicted molar refractivity (Wildman–Crippen MR) is 102 cm³/mol. The molecule has 1 heterocycles. The van der Waals surface area contributed by atoms with E-state index in [4.69, 9.17) is 14.2 Å². The number of carbonyl (C=O) groups is 1. The Hall–Kier alpha value is -3.21. The van der Waals surface area contributed by atoms with E-state index in [9.17, 15) is 4.79 Å². The monoisotopic (exact) mass is 351 g/mol. The summed E-state index contributed by atoms with van der Waals surface area (Å²) in [5, 5.41) is 1.10. The Balaban J connectivity index is 1.97. The van der Waals surface area contributed by atoms with Crippen LogP contribution in [0.25, 0.3) is 17.0 Å². The number of hydrogen-bond acceptors (Lipinski definition) is 4. The number of rotatable bonds is 6. The van der Waals surface area contributed by atoms with Crippen LogP contribution in [0.1, 0.15) is 23.0 Å². The van der Waals surface area contributed by atoms with E-state index >= 15 is 0 Å². The van der Waals surface area contributed by atoms with Crippen LogP contribution in [0.4, 0.5) is 0 Å². The summed E-state index contributed by atoms with van der Waals surface area (Å²) in [7, 11) is 4.58. The molecule has 0 saturated carbocycles. The van der Waals surface area contributed by atoms with Crippen LogP contribution < -0.4 is 14.2 Å². The number of nitrogens with one attached hydrogen (secondary N) is 1. The summed E-state index contributed by atoms with van der Waals surface area (Å²) in [6.07, 6.45) is 1.84. The van der Waals surface area contributed by atoms with E-state index in [0.29, 0.717) is 28.4 Å². The van der Waals surface area contributed by atoms with Gasteiger partial charge in [0.15, 0.2) is 17.3 Å². The number of aromatic amines is 1. The molecular weight excluding hydrogens is 330 g/mol. The second kappa shape index (κ2) is 7.35. The molecule has 3 rings (SSSR count). The number of fused-ring (bicyclic) bond motifs is 1. The molecule has 0 fully saturated rings. The largest absolute Gasteiger partial charge is 0.493 e. The predicted octanol–water partition coefficient (Wildman–Crippen LogP) is 4.48. The van der Waals surface area contributed by atoms with Crippen LogP contribution in [0.5, 0.6) is 17.2 Å². The fraction of sp³-hybridized carbons (Fsp3) is 0.190. The maximum Gasteiger partial charge on any atom is 0.203 e. The van der Waals surface area contributed by atoms with Crippen molar-refractivity contribution < 1.29 is 19.0 Å². The summed E-state index contributed by atoms with van der Waals surface area (Å²) in [6, 6.07) is 13.3. The molecule has 0 aliphatic rings. The zero-order valence-corrected chi connectivity index (χ0v) is 15.3. The van der Waals surface area contributed by atoms with Crippen molar-refractivity contribution in [3.05, 3.63) is 59.3 Å². The number of benzene rings is 2. The highest BCUT2D eigenvalue weighted by molar-refractivity contribution is 6.11. The normalized spacial score (nSPS) is 11.5. The summed E-state index contributed by atoms with van der Waals surface area (Å²) in [5.41, 5.74) is 2.99. The molecule has 134 valence electrons.